The number of nitrogens with zero attached hydrogens (tertiary/aromatic N) is 1. The first-order valence-electron chi connectivity index (χ1n) is 7.30. The van der Waals surface area contributed by atoms with Crippen LogP contribution in [0.25, 0.3) is 0 Å². The van der Waals surface area contributed by atoms with Crippen molar-refractivity contribution in [1.29, 1.82) is 0 Å². The molecule has 1 aromatic carbocycles. The van der Waals surface area contributed by atoms with Gasteiger partial charge in [0.15, 0.2) is 0 Å². The third-order valence-corrected chi connectivity index (χ3v) is 2.91. The van der Waals surface area contributed by atoms with Crippen molar-refractivity contribution in [3.05, 3.63) is 59.9 Å². The van der Waals surface area contributed by atoms with Gasteiger partial charge in [-0.15, -0.1) is 0 Å². The predicted octanol–water partition coefficient (Wildman–Crippen LogP) is 2.19. The van der Waals surface area contributed by atoms with Crippen molar-refractivity contribution >= 4 is 11.8 Å². The van der Waals surface area contributed by atoms with E-state index >= 15 is 0 Å². The van der Waals surface area contributed by atoms with E-state index in [9.17, 15) is 9.59 Å². The largest absolute Gasteiger partial charge is 0.493 e. The Morgan fingerprint density at radius 2 is 1.70 bits per heavy atom. The maximum atomic E-state index is 12.0. The van der Waals surface area contributed by atoms with Crippen molar-refractivity contribution in [2.24, 2.45) is 5.92 Å². The molecule has 0 saturated heterocycles. The van der Waals surface area contributed by atoms with E-state index in [0.717, 1.165) is 0 Å². The number of amides is 2. The minimum absolute atomic E-state index is 0.366. The fourth-order valence-electron chi connectivity index (χ4n) is 1.72. The van der Waals surface area contributed by atoms with Crippen LogP contribution in [-0.4, -0.2) is 23.4 Å². The maximum absolute atomic E-state index is 12.0. The van der Waals surface area contributed by atoms with E-state index in [1.165, 1.54) is 6.20 Å². The summed E-state index contributed by atoms with van der Waals surface area (Å²) in [5.41, 5.74) is 5.49. The number of pyridine rings is 1. The number of carbonyl (C=O) groups is 2. The average Bonchev–Trinajstić information content (AvgIpc) is 2.58. The molecule has 1 heterocycles. The van der Waals surface area contributed by atoms with Crippen LogP contribution in [-0.2, 0) is 0 Å². The molecule has 0 saturated carbocycles. The number of aromatic nitrogens is 1. The topological polar surface area (TPSA) is 80.3 Å². The molecule has 0 aliphatic rings. The van der Waals surface area contributed by atoms with Gasteiger partial charge in [-0.05, 0) is 42.3 Å². The minimum Gasteiger partial charge on any atom is -0.493 e. The molecule has 2 aromatic rings. The number of benzene rings is 1. The smallest absolute Gasteiger partial charge is 0.271 e. The van der Waals surface area contributed by atoms with Crippen molar-refractivity contribution in [3.63, 3.8) is 0 Å². The zero-order valence-corrected chi connectivity index (χ0v) is 13.1. The summed E-state index contributed by atoms with van der Waals surface area (Å²) in [4.78, 5) is 27.6. The number of carbonyl (C=O) groups excluding carboxylic acids is 2. The molecular formula is C17H19N3O3. The van der Waals surface area contributed by atoms with Crippen LogP contribution in [0.4, 0.5) is 0 Å². The molecule has 6 nitrogen and oxygen atoms in total. The molecule has 2 N–H and O–H groups in total. The molecule has 0 unspecified atom stereocenters. The zero-order chi connectivity index (χ0) is 16.7. The van der Waals surface area contributed by atoms with Crippen LogP contribution in [0.15, 0.2) is 48.8 Å². The van der Waals surface area contributed by atoms with Gasteiger partial charge in [-0.2, -0.15) is 0 Å². The second kappa shape index (κ2) is 7.93. The third kappa shape index (κ3) is 5.10. The molecule has 0 bridgehead atoms. The highest BCUT2D eigenvalue weighted by atomic mass is 16.5. The van der Waals surface area contributed by atoms with Gasteiger partial charge in [0, 0.05) is 18.0 Å². The van der Waals surface area contributed by atoms with E-state index in [4.69, 9.17) is 4.74 Å². The summed E-state index contributed by atoms with van der Waals surface area (Å²) in [5, 5.41) is 0. The van der Waals surface area contributed by atoms with Crippen molar-refractivity contribution < 1.29 is 14.3 Å². The minimum atomic E-state index is -0.427. The van der Waals surface area contributed by atoms with Crippen LogP contribution in [0.5, 0.6) is 5.75 Å². The predicted molar refractivity (Wildman–Crippen MR) is 85.9 cm³/mol. The van der Waals surface area contributed by atoms with E-state index in [-0.39, 0.29) is 0 Å². The molecule has 1 aromatic heterocycles. The summed E-state index contributed by atoms with van der Waals surface area (Å²) < 4.78 is 5.55. The van der Waals surface area contributed by atoms with Gasteiger partial charge in [0.1, 0.15) is 5.75 Å². The van der Waals surface area contributed by atoms with Crippen LogP contribution < -0.4 is 15.6 Å². The lowest BCUT2D eigenvalue weighted by Crippen LogP contribution is -2.41. The summed E-state index contributed by atoms with van der Waals surface area (Å²) in [6, 6.07) is 9.98. The van der Waals surface area contributed by atoms with Crippen LogP contribution in [0.1, 0.15) is 34.6 Å². The van der Waals surface area contributed by atoms with Crippen LogP contribution in [0.3, 0.4) is 0 Å². The monoisotopic (exact) mass is 313 g/mol. The van der Waals surface area contributed by atoms with E-state index in [1.54, 1.807) is 42.6 Å². The average molecular weight is 313 g/mol. The quantitative estimate of drug-likeness (QED) is 0.829. The molecule has 2 rings (SSSR count). The summed E-state index contributed by atoms with van der Waals surface area (Å²) in [6.07, 6.45) is 2.99. The first kappa shape index (κ1) is 16.5. The molecule has 120 valence electrons. The number of hydrogen-bond donors (Lipinski definition) is 2. The second-order valence-electron chi connectivity index (χ2n) is 5.38. The molecule has 2 amide bonds. The van der Waals surface area contributed by atoms with Gasteiger partial charge < -0.3 is 4.74 Å². The van der Waals surface area contributed by atoms with E-state index in [1.807, 2.05) is 0 Å². The van der Waals surface area contributed by atoms with Crippen LogP contribution in [0.2, 0.25) is 0 Å². The highest BCUT2D eigenvalue weighted by molar-refractivity contribution is 5.98. The number of nitrogens with one attached hydrogen (secondary N) is 2. The Kier molecular flexibility index (Phi) is 5.68. The first-order chi connectivity index (χ1) is 11.1. The Balaban J connectivity index is 1.87. The zero-order valence-electron chi connectivity index (χ0n) is 13.1. The maximum Gasteiger partial charge on any atom is 0.271 e. The fraction of sp³-hybridized carbons (Fsp3) is 0.235. The number of rotatable bonds is 5. The molecule has 6 heteroatoms. The summed E-state index contributed by atoms with van der Waals surface area (Å²) in [7, 11) is 0. The number of hydrazine groups is 1. The molecule has 23 heavy (non-hydrogen) atoms. The number of ether oxygens (including phenoxy) is 1. The molecule has 0 fully saturated rings. The van der Waals surface area contributed by atoms with E-state index in [2.05, 4.69) is 29.7 Å². The highest BCUT2D eigenvalue weighted by Gasteiger charge is 2.09. The Labute approximate surface area is 134 Å². The van der Waals surface area contributed by atoms with Crippen molar-refractivity contribution in [2.75, 3.05) is 6.61 Å². The standard InChI is InChI=1S/C17H19N3O3/c1-12(2)11-23-15-7-5-13(6-8-15)16(21)19-20-17(22)14-4-3-9-18-10-14/h3-10,12H,11H2,1-2H3,(H,19,21)(H,20,22). The molecule has 0 atom stereocenters. The molecular weight excluding hydrogens is 294 g/mol. The van der Waals surface area contributed by atoms with Crippen molar-refractivity contribution in [1.82, 2.24) is 15.8 Å². The lowest BCUT2D eigenvalue weighted by molar-refractivity contribution is 0.0846. The van der Waals surface area contributed by atoms with Gasteiger partial charge in [-0.3, -0.25) is 25.4 Å². The Morgan fingerprint density at radius 3 is 2.26 bits per heavy atom. The van der Waals surface area contributed by atoms with Gasteiger partial charge in [-0.25, -0.2) is 0 Å². The van der Waals surface area contributed by atoms with E-state index < -0.39 is 11.8 Å². The fourth-order valence-corrected chi connectivity index (χ4v) is 1.72. The summed E-state index contributed by atoms with van der Waals surface area (Å²) in [5.74, 6) is 0.302. The Bertz CT molecular complexity index is 655. The molecule has 0 aliphatic carbocycles. The molecule has 0 aliphatic heterocycles. The van der Waals surface area contributed by atoms with Crippen LogP contribution in [0, 0.1) is 5.92 Å². The lowest BCUT2D eigenvalue weighted by atomic mass is 10.2. The Morgan fingerprint density at radius 1 is 1.04 bits per heavy atom. The highest BCUT2D eigenvalue weighted by Crippen LogP contribution is 2.13. The van der Waals surface area contributed by atoms with Crippen LogP contribution >= 0.6 is 0 Å². The normalized spacial score (nSPS) is 10.2. The molecule has 0 radical (unpaired) electrons. The third-order valence-electron chi connectivity index (χ3n) is 2.91. The first-order valence-corrected chi connectivity index (χ1v) is 7.30. The Hall–Kier alpha value is -2.89. The van der Waals surface area contributed by atoms with Gasteiger partial charge in [0.25, 0.3) is 11.8 Å². The summed E-state index contributed by atoms with van der Waals surface area (Å²) >= 11 is 0. The van der Waals surface area contributed by atoms with E-state index in [0.29, 0.717) is 29.4 Å². The second-order valence-corrected chi connectivity index (χ2v) is 5.38. The van der Waals surface area contributed by atoms with Crippen molar-refractivity contribution in [2.45, 2.75) is 13.8 Å². The molecule has 0 spiro atoms. The van der Waals surface area contributed by atoms with Gasteiger partial charge in [-0.1, -0.05) is 13.8 Å². The lowest BCUT2D eigenvalue weighted by Gasteiger charge is -2.10. The van der Waals surface area contributed by atoms with Crippen molar-refractivity contribution in [3.8, 4) is 5.75 Å². The van der Waals surface area contributed by atoms with Gasteiger partial charge in [0.05, 0.1) is 12.2 Å². The van der Waals surface area contributed by atoms with Gasteiger partial charge >= 0.3 is 0 Å². The number of hydrogen-bond acceptors (Lipinski definition) is 4. The SMILES string of the molecule is CC(C)COc1ccc(C(=O)NNC(=O)c2cccnc2)cc1. The summed E-state index contributed by atoms with van der Waals surface area (Å²) in [6.45, 7) is 4.74. The van der Waals surface area contributed by atoms with Gasteiger partial charge in [0.2, 0.25) is 0 Å².